The fourth-order valence-electron chi connectivity index (χ4n) is 3.60. The number of amides is 1. The number of halogens is 1. The monoisotopic (exact) mass is 449 g/mol. The number of carbonyl (C=O) groups is 1. The van der Waals surface area contributed by atoms with Crippen LogP contribution in [0.4, 0.5) is 0 Å². The van der Waals surface area contributed by atoms with Gasteiger partial charge in [0.05, 0.1) is 5.02 Å². The molecule has 1 amide bonds. The maximum atomic E-state index is 12.8. The van der Waals surface area contributed by atoms with Gasteiger partial charge in [-0.1, -0.05) is 56.1 Å². The summed E-state index contributed by atoms with van der Waals surface area (Å²) in [6, 6.07) is 11.8. The van der Waals surface area contributed by atoms with Crippen molar-refractivity contribution in [3.8, 4) is 5.75 Å². The van der Waals surface area contributed by atoms with Crippen LogP contribution in [-0.4, -0.2) is 25.8 Å². The first-order valence-corrected chi connectivity index (χ1v) is 12.0. The molecule has 0 aliphatic heterocycles. The molecule has 2 aromatic carbocycles. The van der Waals surface area contributed by atoms with Gasteiger partial charge >= 0.3 is 10.1 Å². The molecule has 0 unspecified atom stereocenters. The molecule has 0 aromatic heterocycles. The van der Waals surface area contributed by atoms with E-state index in [2.05, 4.69) is 13.8 Å². The van der Waals surface area contributed by atoms with Crippen LogP contribution in [0.25, 0.3) is 0 Å². The Morgan fingerprint density at radius 2 is 1.90 bits per heavy atom. The van der Waals surface area contributed by atoms with Gasteiger partial charge in [-0.25, -0.2) is 0 Å². The molecule has 2 aromatic rings. The number of benzene rings is 2. The summed E-state index contributed by atoms with van der Waals surface area (Å²) in [5.74, 6) is 0.844. The lowest BCUT2D eigenvalue weighted by Crippen LogP contribution is -2.40. The lowest BCUT2D eigenvalue weighted by atomic mass is 9.84. The van der Waals surface area contributed by atoms with Crippen molar-refractivity contribution >= 4 is 27.6 Å². The Bertz CT molecular complexity index is 995. The van der Waals surface area contributed by atoms with Crippen molar-refractivity contribution in [3.63, 3.8) is 0 Å². The number of carbonyl (C=O) groups excluding carboxylic acids is 1. The van der Waals surface area contributed by atoms with E-state index >= 15 is 0 Å². The van der Waals surface area contributed by atoms with Gasteiger partial charge < -0.3 is 9.08 Å². The van der Waals surface area contributed by atoms with E-state index in [4.69, 9.17) is 15.8 Å². The molecule has 0 atom stereocenters. The Balaban J connectivity index is 1.80. The molecular formula is C23H28ClNO4S. The standard InChI is InChI=1S/C23H28ClNO4S/c1-16(2)14-25(23(26)19-9-6-10-19)15-18-8-5-11-20(13-18)29-30(27,28)22-17(3)7-4-12-21(22)24/h4-5,7-8,11-13,16,19H,6,9-10,14-15H2,1-3H3. The fraction of sp³-hybridized carbons (Fsp3) is 0.435. The summed E-state index contributed by atoms with van der Waals surface area (Å²) in [5.41, 5.74) is 1.35. The third-order valence-electron chi connectivity index (χ3n) is 5.24. The van der Waals surface area contributed by atoms with Crippen molar-refractivity contribution in [2.45, 2.75) is 51.5 Å². The van der Waals surface area contributed by atoms with Crippen LogP contribution in [0, 0.1) is 18.8 Å². The van der Waals surface area contributed by atoms with E-state index in [-0.39, 0.29) is 27.5 Å². The molecule has 162 valence electrons. The molecule has 1 aliphatic rings. The summed E-state index contributed by atoms with van der Waals surface area (Å²) >= 11 is 6.11. The number of hydrogen-bond donors (Lipinski definition) is 0. The van der Waals surface area contributed by atoms with Gasteiger partial charge in [-0.15, -0.1) is 0 Å². The largest absolute Gasteiger partial charge is 0.379 e. The van der Waals surface area contributed by atoms with Crippen LogP contribution in [0.3, 0.4) is 0 Å². The summed E-state index contributed by atoms with van der Waals surface area (Å²) in [4.78, 5) is 14.7. The van der Waals surface area contributed by atoms with E-state index < -0.39 is 10.1 Å². The smallest absolute Gasteiger partial charge is 0.340 e. The van der Waals surface area contributed by atoms with E-state index in [1.807, 2.05) is 11.0 Å². The summed E-state index contributed by atoms with van der Waals surface area (Å²) in [6.45, 7) is 6.93. The van der Waals surface area contributed by atoms with E-state index in [1.165, 1.54) is 6.07 Å². The lowest BCUT2D eigenvalue weighted by Gasteiger charge is -2.33. The number of hydrogen-bond acceptors (Lipinski definition) is 4. The minimum Gasteiger partial charge on any atom is -0.379 e. The van der Waals surface area contributed by atoms with Gasteiger partial charge in [-0.2, -0.15) is 8.42 Å². The minimum atomic E-state index is -4.08. The topological polar surface area (TPSA) is 63.7 Å². The van der Waals surface area contributed by atoms with E-state index in [0.717, 1.165) is 24.8 Å². The van der Waals surface area contributed by atoms with Crippen LogP contribution >= 0.6 is 11.6 Å². The second-order valence-electron chi connectivity index (χ2n) is 8.31. The van der Waals surface area contributed by atoms with E-state index in [1.54, 1.807) is 37.3 Å². The van der Waals surface area contributed by atoms with E-state index in [9.17, 15) is 13.2 Å². The predicted octanol–water partition coefficient (Wildman–Crippen LogP) is 5.20. The molecule has 5 nitrogen and oxygen atoms in total. The zero-order valence-electron chi connectivity index (χ0n) is 17.6. The Hall–Kier alpha value is -2.05. The summed E-state index contributed by atoms with van der Waals surface area (Å²) < 4.78 is 31.0. The molecule has 3 rings (SSSR count). The SMILES string of the molecule is Cc1cccc(Cl)c1S(=O)(=O)Oc1cccc(CN(CC(C)C)C(=O)C2CCC2)c1. The highest BCUT2D eigenvalue weighted by atomic mass is 35.5. The van der Waals surface area contributed by atoms with Gasteiger partial charge in [0.1, 0.15) is 10.6 Å². The normalized spacial score (nSPS) is 14.4. The van der Waals surface area contributed by atoms with Gasteiger partial charge in [0.25, 0.3) is 0 Å². The average Bonchev–Trinajstić information content (AvgIpc) is 2.58. The summed E-state index contributed by atoms with van der Waals surface area (Å²) in [6.07, 6.45) is 3.01. The first-order valence-electron chi connectivity index (χ1n) is 10.2. The molecule has 1 saturated carbocycles. The Morgan fingerprint density at radius 3 is 2.50 bits per heavy atom. The molecule has 0 heterocycles. The molecule has 1 fully saturated rings. The maximum absolute atomic E-state index is 12.8. The second kappa shape index (κ2) is 9.40. The summed E-state index contributed by atoms with van der Waals surface area (Å²) in [7, 11) is -4.08. The highest BCUT2D eigenvalue weighted by Crippen LogP contribution is 2.30. The van der Waals surface area contributed by atoms with Crippen molar-refractivity contribution in [3.05, 3.63) is 58.6 Å². The number of nitrogens with zero attached hydrogens (tertiary/aromatic N) is 1. The van der Waals surface area contributed by atoms with Gasteiger partial charge in [-0.3, -0.25) is 4.79 Å². The third-order valence-corrected chi connectivity index (χ3v) is 7.12. The highest BCUT2D eigenvalue weighted by Gasteiger charge is 2.30. The average molecular weight is 450 g/mol. The van der Waals surface area contributed by atoms with Crippen molar-refractivity contribution in [1.82, 2.24) is 4.90 Å². The van der Waals surface area contributed by atoms with Crippen LogP contribution in [0.2, 0.25) is 5.02 Å². The predicted molar refractivity (Wildman–Crippen MR) is 118 cm³/mol. The molecule has 1 aliphatic carbocycles. The zero-order chi connectivity index (χ0) is 21.9. The van der Waals surface area contributed by atoms with Crippen molar-refractivity contribution < 1.29 is 17.4 Å². The van der Waals surface area contributed by atoms with Crippen LogP contribution in [0.15, 0.2) is 47.4 Å². The van der Waals surface area contributed by atoms with Gasteiger partial charge in [0.2, 0.25) is 5.91 Å². The highest BCUT2D eigenvalue weighted by molar-refractivity contribution is 7.87. The molecule has 30 heavy (non-hydrogen) atoms. The zero-order valence-corrected chi connectivity index (χ0v) is 19.2. The second-order valence-corrected chi connectivity index (χ2v) is 10.2. The lowest BCUT2D eigenvalue weighted by molar-refractivity contribution is -0.139. The first-order chi connectivity index (χ1) is 14.2. The van der Waals surface area contributed by atoms with Gasteiger partial charge in [0.15, 0.2) is 0 Å². The van der Waals surface area contributed by atoms with Crippen LogP contribution in [0.1, 0.15) is 44.2 Å². The fourth-order valence-corrected chi connectivity index (χ4v) is 5.32. The van der Waals surface area contributed by atoms with Crippen LogP contribution < -0.4 is 4.18 Å². The number of rotatable bonds is 8. The third kappa shape index (κ3) is 5.35. The Labute approximate surface area is 184 Å². The van der Waals surface area contributed by atoms with Crippen molar-refractivity contribution in [2.24, 2.45) is 11.8 Å². The molecule has 0 N–H and O–H groups in total. The quantitative estimate of drug-likeness (QED) is 0.519. The molecule has 0 saturated heterocycles. The molecular weight excluding hydrogens is 422 g/mol. The molecule has 7 heteroatoms. The van der Waals surface area contributed by atoms with Crippen LogP contribution in [0.5, 0.6) is 5.75 Å². The molecule has 0 spiro atoms. The van der Waals surface area contributed by atoms with Crippen molar-refractivity contribution in [2.75, 3.05) is 6.54 Å². The van der Waals surface area contributed by atoms with Gasteiger partial charge in [-0.05, 0) is 55.0 Å². The molecule has 0 bridgehead atoms. The Kier molecular flexibility index (Phi) is 7.09. The minimum absolute atomic E-state index is 0.0290. The maximum Gasteiger partial charge on any atom is 0.340 e. The Morgan fingerprint density at radius 1 is 1.20 bits per heavy atom. The molecule has 0 radical (unpaired) electrons. The first kappa shape index (κ1) is 22.6. The van der Waals surface area contributed by atoms with E-state index in [0.29, 0.717) is 24.6 Å². The van der Waals surface area contributed by atoms with Gasteiger partial charge in [0, 0.05) is 19.0 Å². The van der Waals surface area contributed by atoms with Crippen LogP contribution in [-0.2, 0) is 21.5 Å². The number of aryl methyl sites for hydroxylation is 1. The summed E-state index contributed by atoms with van der Waals surface area (Å²) in [5, 5.41) is 0.125. The van der Waals surface area contributed by atoms with Crippen molar-refractivity contribution in [1.29, 1.82) is 0 Å².